The second kappa shape index (κ2) is 16.2. The number of benzene rings is 10. The Hall–Kier alpha value is -8.00. The van der Waals surface area contributed by atoms with E-state index in [0.717, 1.165) is 21.9 Å². The summed E-state index contributed by atoms with van der Waals surface area (Å²) in [5.41, 5.74) is 20.0. The first kappa shape index (κ1) is 37.0. The molecular formula is C61H42O. The number of hydrogen-bond donors (Lipinski definition) is 0. The molecule has 1 aromatic heterocycles. The van der Waals surface area contributed by atoms with Crippen molar-refractivity contribution in [3.63, 3.8) is 0 Å². The lowest BCUT2D eigenvalue weighted by molar-refractivity contribution is 0.669. The smallest absolute Gasteiger partial charge is 0.135 e. The molecule has 0 unspecified atom stereocenters. The van der Waals surface area contributed by atoms with Crippen LogP contribution in [0.1, 0.15) is 22.6 Å². The van der Waals surface area contributed by atoms with E-state index in [4.69, 9.17) is 4.42 Å². The zero-order chi connectivity index (χ0) is 41.2. The van der Waals surface area contributed by atoms with Gasteiger partial charge in [0.2, 0.25) is 0 Å². The summed E-state index contributed by atoms with van der Waals surface area (Å²) in [6.45, 7) is 0. The molecule has 292 valence electrons. The zero-order valence-corrected chi connectivity index (χ0v) is 34.2. The van der Waals surface area contributed by atoms with Crippen LogP contribution >= 0.6 is 0 Å². The van der Waals surface area contributed by atoms with Gasteiger partial charge in [-0.05, 0) is 114 Å². The van der Waals surface area contributed by atoms with Gasteiger partial charge < -0.3 is 4.42 Å². The van der Waals surface area contributed by atoms with Gasteiger partial charge in [0.15, 0.2) is 0 Å². The minimum absolute atomic E-state index is 0.00913. The second-order valence-electron chi connectivity index (χ2n) is 16.1. The molecule has 11 aromatic rings. The van der Waals surface area contributed by atoms with Crippen molar-refractivity contribution in [1.29, 1.82) is 0 Å². The highest BCUT2D eigenvalue weighted by molar-refractivity contribution is 6.06. The Morgan fingerprint density at radius 3 is 1.11 bits per heavy atom. The highest BCUT2D eigenvalue weighted by Gasteiger charge is 2.19. The van der Waals surface area contributed by atoms with Crippen molar-refractivity contribution in [3.8, 4) is 66.8 Å². The normalized spacial score (nSPS) is 11.4. The molecule has 0 radical (unpaired) electrons. The summed E-state index contributed by atoms with van der Waals surface area (Å²) in [6, 6.07) is 90.1. The van der Waals surface area contributed by atoms with Gasteiger partial charge in [0.05, 0.1) is 0 Å². The Balaban J connectivity index is 0.951. The van der Waals surface area contributed by atoms with E-state index in [2.05, 4.69) is 237 Å². The van der Waals surface area contributed by atoms with Crippen LogP contribution in [0, 0.1) is 0 Å². The van der Waals surface area contributed by atoms with Crippen molar-refractivity contribution < 1.29 is 4.42 Å². The van der Waals surface area contributed by atoms with E-state index in [0.29, 0.717) is 0 Å². The van der Waals surface area contributed by atoms with Crippen molar-refractivity contribution in [3.05, 3.63) is 265 Å². The summed E-state index contributed by atoms with van der Waals surface area (Å²) in [5, 5.41) is 2.29. The Bertz CT molecular complexity index is 3190. The summed E-state index contributed by atoms with van der Waals surface area (Å²) in [4.78, 5) is 0. The van der Waals surface area contributed by atoms with Crippen molar-refractivity contribution in [1.82, 2.24) is 0 Å². The summed E-state index contributed by atoms with van der Waals surface area (Å²) in [6.07, 6.45) is 0. The third-order valence-electron chi connectivity index (χ3n) is 12.2. The monoisotopic (exact) mass is 790 g/mol. The molecule has 0 saturated heterocycles. The largest absolute Gasteiger partial charge is 0.456 e. The Labute approximate surface area is 362 Å². The molecule has 0 N–H and O–H groups in total. The summed E-state index contributed by atoms with van der Waals surface area (Å²) in [5.74, 6) is 0.00913. The van der Waals surface area contributed by atoms with Gasteiger partial charge >= 0.3 is 0 Å². The first-order valence-electron chi connectivity index (χ1n) is 21.3. The average Bonchev–Trinajstić information content (AvgIpc) is 3.73. The molecule has 1 heterocycles. The quantitative estimate of drug-likeness (QED) is 0.133. The van der Waals surface area contributed by atoms with Crippen molar-refractivity contribution >= 4 is 21.9 Å². The van der Waals surface area contributed by atoms with Gasteiger partial charge in [0.1, 0.15) is 11.2 Å². The molecule has 11 rings (SSSR count). The van der Waals surface area contributed by atoms with Crippen molar-refractivity contribution in [2.45, 2.75) is 5.92 Å². The fourth-order valence-corrected chi connectivity index (χ4v) is 9.02. The maximum Gasteiger partial charge on any atom is 0.135 e. The lowest BCUT2D eigenvalue weighted by Gasteiger charge is -2.21. The predicted molar refractivity (Wildman–Crippen MR) is 260 cm³/mol. The second-order valence-corrected chi connectivity index (χ2v) is 16.1. The minimum Gasteiger partial charge on any atom is -0.456 e. The number of furan rings is 1. The molecule has 0 amide bonds. The maximum absolute atomic E-state index is 6.09. The van der Waals surface area contributed by atoms with Crippen LogP contribution in [-0.2, 0) is 0 Å². The van der Waals surface area contributed by atoms with Gasteiger partial charge in [-0.15, -0.1) is 0 Å². The number of hydrogen-bond acceptors (Lipinski definition) is 1. The molecule has 0 aliphatic heterocycles. The number of para-hydroxylation sites is 1. The Kier molecular flexibility index (Phi) is 9.69. The van der Waals surface area contributed by atoms with E-state index in [-0.39, 0.29) is 5.92 Å². The van der Waals surface area contributed by atoms with Crippen molar-refractivity contribution in [2.75, 3.05) is 0 Å². The van der Waals surface area contributed by atoms with E-state index < -0.39 is 0 Å². The van der Waals surface area contributed by atoms with Crippen LogP contribution in [0.5, 0.6) is 0 Å². The van der Waals surface area contributed by atoms with Crippen LogP contribution in [-0.4, -0.2) is 0 Å². The van der Waals surface area contributed by atoms with Crippen LogP contribution < -0.4 is 0 Å². The van der Waals surface area contributed by atoms with Gasteiger partial charge in [-0.1, -0.05) is 218 Å². The van der Waals surface area contributed by atoms with Crippen LogP contribution in [0.15, 0.2) is 253 Å². The lowest BCUT2D eigenvalue weighted by Crippen LogP contribution is -2.04. The van der Waals surface area contributed by atoms with Crippen LogP contribution in [0.4, 0.5) is 0 Å². The molecule has 62 heavy (non-hydrogen) atoms. The van der Waals surface area contributed by atoms with Gasteiger partial charge in [-0.2, -0.15) is 0 Å². The number of fused-ring (bicyclic) bond motifs is 3. The zero-order valence-electron chi connectivity index (χ0n) is 34.2. The third-order valence-corrected chi connectivity index (χ3v) is 12.2. The highest BCUT2D eigenvalue weighted by atomic mass is 16.3. The standard InChI is InChI=1S/C61H42O/c1-3-13-42(14-4-1)48-17-9-19-50(37-48)52-21-11-23-55(39-52)61(56-24-12-22-53(40-56)51-20-10-18-49(38-51)43-15-5-2-6-16-43)47-33-31-45(32-34-47)44-27-29-46(30-28-44)54-35-36-60-58(41-54)57-25-7-8-26-59(57)62-60/h1-41,61H. The fraction of sp³-hybridized carbons (Fsp3) is 0.0164. The Morgan fingerprint density at radius 2 is 0.565 bits per heavy atom. The molecule has 0 spiro atoms. The fourth-order valence-electron chi connectivity index (χ4n) is 9.02. The molecule has 1 heteroatoms. The van der Waals surface area contributed by atoms with E-state index in [1.807, 2.05) is 12.1 Å². The average molecular weight is 791 g/mol. The first-order chi connectivity index (χ1) is 30.7. The van der Waals surface area contributed by atoms with Crippen LogP contribution in [0.25, 0.3) is 88.7 Å². The van der Waals surface area contributed by atoms with E-state index in [1.165, 1.54) is 83.5 Å². The molecule has 0 aliphatic rings. The summed E-state index contributed by atoms with van der Waals surface area (Å²) >= 11 is 0. The van der Waals surface area contributed by atoms with Crippen LogP contribution in [0.2, 0.25) is 0 Å². The van der Waals surface area contributed by atoms with E-state index in [1.54, 1.807) is 0 Å². The topological polar surface area (TPSA) is 13.1 Å². The summed E-state index contributed by atoms with van der Waals surface area (Å²) in [7, 11) is 0. The van der Waals surface area contributed by atoms with E-state index in [9.17, 15) is 0 Å². The maximum atomic E-state index is 6.09. The molecule has 1 nitrogen and oxygen atoms in total. The molecule has 0 aliphatic carbocycles. The van der Waals surface area contributed by atoms with Gasteiger partial charge in [0, 0.05) is 16.7 Å². The Morgan fingerprint density at radius 1 is 0.210 bits per heavy atom. The number of rotatable bonds is 9. The van der Waals surface area contributed by atoms with Crippen LogP contribution in [0.3, 0.4) is 0 Å². The molecule has 10 aromatic carbocycles. The van der Waals surface area contributed by atoms with Crippen molar-refractivity contribution in [2.24, 2.45) is 0 Å². The molecule has 0 fully saturated rings. The van der Waals surface area contributed by atoms with Gasteiger partial charge in [-0.25, -0.2) is 0 Å². The molecule has 0 saturated carbocycles. The first-order valence-corrected chi connectivity index (χ1v) is 21.3. The predicted octanol–water partition coefficient (Wildman–Crippen LogP) is 16.8. The van der Waals surface area contributed by atoms with Gasteiger partial charge in [0.25, 0.3) is 0 Å². The molecular weight excluding hydrogens is 749 g/mol. The SMILES string of the molecule is c1ccc(-c2cccc(-c3cccc(C(c4ccc(-c5ccc(-c6ccc7oc8ccccc8c7c6)cc5)cc4)c4cccc(-c5cccc(-c6ccccc6)c5)c4)c3)c2)cc1. The minimum atomic E-state index is 0.00913. The molecule has 0 bridgehead atoms. The highest BCUT2D eigenvalue weighted by Crippen LogP contribution is 2.39. The summed E-state index contributed by atoms with van der Waals surface area (Å²) < 4.78 is 6.09. The third kappa shape index (κ3) is 7.31. The lowest BCUT2D eigenvalue weighted by atomic mass is 9.82. The molecule has 0 atom stereocenters. The van der Waals surface area contributed by atoms with Gasteiger partial charge in [-0.3, -0.25) is 0 Å². The van der Waals surface area contributed by atoms with E-state index >= 15 is 0 Å².